The minimum atomic E-state index is -0.634. The molecular formula is C25H30N5O3+. The summed E-state index contributed by atoms with van der Waals surface area (Å²) in [5.41, 5.74) is 15.6. The van der Waals surface area contributed by atoms with E-state index >= 15 is 0 Å². The molecule has 172 valence electrons. The predicted octanol–water partition coefficient (Wildman–Crippen LogP) is 2.12. The van der Waals surface area contributed by atoms with Gasteiger partial charge in [0.2, 0.25) is 17.0 Å². The molecule has 0 spiro atoms. The highest BCUT2D eigenvalue weighted by Gasteiger charge is 2.24. The smallest absolute Gasteiger partial charge is 0.261 e. The quantitative estimate of drug-likeness (QED) is 0.217. The van der Waals surface area contributed by atoms with Gasteiger partial charge in [0, 0.05) is 6.07 Å². The number of aryl methyl sites for hydroxylation is 1. The highest BCUT2D eigenvalue weighted by Crippen LogP contribution is 2.35. The zero-order chi connectivity index (χ0) is 23.4. The van der Waals surface area contributed by atoms with Crippen LogP contribution >= 0.6 is 0 Å². The summed E-state index contributed by atoms with van der Waals surface area (Å²) in [6.07, 6.45) is 2.15. The van der Waals surface area contributed by atoms with Gasteiger partial charge in [0.25, 0.3) is 5.52 Å². The lowest BCUT2D eigenvalue weighted by molar-refractivity contribution is -0.616. The van der Waals surface area contributed by atoms with E-state index in [4.69, 9.17) is 15.9 Å². The monoisotopic (exact) mass is 448 g/mol. The van der Waals surface area contributed by atoms with Crippen molar-refractivity contribution in [3.63, 3.8) is 0 Å². The maximum absolute atomic E-state index is 12.5. The van der Waals surface area contributed by atoms with Crippen molar-refractivity contribution >= 4 is 50.3 Å². The number of carbonyl (C=O) groups excluding carboxylic acids is 2. The molecule has 33 heavy (non-hydrogen) atoms. The molecule has 0 aliphatic carbocycles. The molecule has 8 nitrogen and oxygen atoms in total. The minimum Gasteiger partial charge on any atom is -0.447 e. The van der Waals surface area contributed by atoms with Crippen LogP contribution in [0.15, 0.2) is 52.9 Å². The Morgan fingerprint density at radius 1 is 1.03 bits per heavy atom. The Hall–Kier alpha value is -3.49. The van der Waals surface area contributed by atoms with E-state index in [9.17, 15) is 9.59 Å². The lowest BCUT2D eigenvalue weighted by atomic mass is 10.1. The van der Waals surface area contributed by atoms with Gasteiger partial charge in [0.1, 0.15) is 12.6 Å². The van der Waals surface area contributed by atoms with Gasteiger partial charge in [-0.25, -0.2) is 0 Å². The van der Waals surface area contributed by atoms with E-state index in [1.54, 1.807) is 0 Å². The van der Waals surface area contributed by atoms with Gasteiger partial charge in [-0.3, -0.25) is 9.59 Å². The van der Waals surface area contributed by atoms with E-state index in [0.29, 0.717) is 18.5 Å². The Morgan fingerprint density at radius 2 is 1.76 bits per heavy atom. The second kappa shape index (κ2) is 9.97. The standard InChI is InChI=1S/C25H29N5O3/c1-30-20-11-4-2-8-17(20)22(24-23(30)18-9-3-5-12-21(18)33-24)28-14-16(31)15-29-25(32)19(27)10-6-7-13-26/h2-5,8-9,11-12,19H,6-7,10,13-15,26-27H2,1H3,(H,29,32)/p+1/t19-/m0/s1. The molecule has 1 amide bonds. The van der Waals surface area contributed by atoms with Crippen LogP contribution in [0.1, 0.15) is 19.3 Å². The summed E-state index contributed by atoms with van der Waals surface area (Å²) in [6, 6.07) is 15.2. The van der Waals surface area contributed by atoms with Gasteiger partial charge in [-0.05, 0) is 37.6 Å². The van der Waals surface area contributed by atoms with Crippen molar-refractivity contribution in [2.75, 3.05) is 25.0 Å². The van der Waals surface area contributed by atoms with Crippen molar-refractivity contribution in [1.82, 2.24) is 5.32 Å². The molecule has 0 saturated carbocycles. The van der Waals surface area contributed by atoms with Crippen LogP contribution in [-0.4, -0.2) is 37.4 Å². The van der Waals surface area contributed by atoms with Crippen LogP contribution in [0.25, 0.3) is 33.0 Å². The molecular weight excluding hydrogens is 418 g/mol. The number of nitrogens with two attached hydrogens (primary N) is 2. The molecule has 1 atom stereocenters. The zero-order valence-electron chi connectivity index (χ0n) is 18.8. The number of ketones is 1. The van der Waals surface area contributed by atoms with E-state index in [0.717, 1.165) is 45.9 Å². The first-order valence-electron chi connectivity index (χ1n) is 11.2. The number of fused-ring (bicyclic) bond motifs is 4. The lowest BCUT2D eigenvalue weighted by Gasteiger charge is -2.12. The number of hydrogen-bond acceptors (Lipinski definition) is 6. The van der Waals surface area contributed by atoms with Crippen molar-refractivity contribution < 1.29 is 18.6 Å². The van der Waals surface area contributed by atoms with Crippen molar-refractivity contribution in [2.45, 2.75) is 25.3 Å². The Bertz CT molecular complexity index is 1310. The third-order valence-corrected chi connectivity index (χ3v) is 5.89. The van der Waals surface area contributed by atoms with Gasteiger partial charge >= 0.3 is 0 Å². The summed E-state index contributed by atoms with van der Waals surface area (Å²) in [4.78, 5) is 24.7. The Labute approximate surface area is 191 Å². The molecule has 0 aliphatic heterocycles. The molecule has 8 heteroatoms. The Balaban J connectivity index is 1.53. The van der Waals surface area contributed by atoms with E-state index < -0.39 is 6.04 Å². The molecule has 4 rings (SSSR count). The van der Waals surface area contributed by atoms with Gasteiger partial charge in [0.15, 0.2) is 5.78 Å². The molecule has 2 aromatic heterocycles. The first kappa shape index (κ1) is 22.7. The fourth-order valence-corrected chi connectivity index (χ4v) is 4.14. The second-order valence-corrected chi connectivity index (χ2v) is 8.23. The van der Waals surface area contributed by atoms with Crippen LogP contribution < -0.4 is 26.7 Å². The molecule has 0 radical (unpaired) electrons. The van der Waals surface area contributed by atoms with Gasteiger partial charge in [-0.15, -0.1) is 0 Å². The van der Waals surface area contributed by atoms with Crippen LogP contribution in [0.5, 0.6) is 0 Å². The molecule has 0 bridgehead atoms. The second-order valence-electron chi connectivity index (χ2n) is 8.23. The summed E-state index contributed by atoms with van der Waals surface area (Å²) < 4.78 is 8.30. The number of hydrogen-bond donors (Lipinski definition) is 4. The van der Waals surface area contributed by atoms with Crippen molar-refractivity contribution in [3.8, 4) is 0 Å². The van der Waals surface area contributed by atoms with Crippen LogP contribution in [0.4, 0.5) is 5.69 Å². The average Bonchev–Trinajstić information content (AvgIpc) is 3.22. The number of pyridine rings is 1. The summed E-state index contributed by atoms with van der Waals surface area (Å²) in [7, 11) is 2.01. The molecule has 0 aliphatic rings. The fourth-order valence-electron chi connectivity index (χ4n) is 4.14. The number of anilines is 1. The number of carbonyl (C=O) groups is 2. The van der Waals surface area contributed by atoms with Crippen molar-refractivity contribution in [1.29, 1.82) is 0 Å². The van der Waals surface area contributed by atoms with Crippen molar-refractivity contribution in [3.05, 3.63) is 48.5 Å². The number of Topliss-reactive ketones (excluding diaryl/α,β-unsaturated/α-hetero) is 1. The molecule has 2 heterocycles. The van der Waals surface area contributed by atoms with Crippen molar-refractivity contribution in [2.24, 2.45) is 18.5 Å². The summed E-state index contributed by atoms with van der Waals surface area (Å²) in [5.74, 6) is -0.476. The number of para-hydroxylation sites is 2. The normalized spacial score (nSPS) is 12.3. The van der Waals surface area contributed by atoms with Crippen LogP contribution in [0.3, 0.4) is 0 Å². The zero-order valence-corrected chi connectivity index (χ0v) is 18.8. The first-order valence-corrected chi connectivity index (χ1v) is 11.2. The van der Waals surface area contributed by atoms with Gasteiger partial charge in [-0.1, -0.05) is 30.7 Å². The molecule has 0 fully saturated rings. The van der Waals surface area contributed by atoms with Crippen LogP contribution in [-0.2, 0) is 16.6 Å². The fraction of sp³-hybridized carbons (Fsp3) is 0.320. The number of nitrogens with one attached hydrogen (secondary N) is 2. The SMILES string of the molecule is C[n+]1c2ccccc2c(NCC(=O)CNC(=O)[C@@H](N)CCCCN)c2oc3ccccc3c21. The largest absolute Gasteiger partial charge is 0.447 e. The number of furan rings is 1. The summed E-state index contributed by atoms with van der Waals surface area (Å²) in [5, 5.41) is 7.85. The molecule has 4 aromatic rings. The van der Waals surface area contributed by atoms with Crippen LogP contribution in [0, 0.1) is 0 Å². The van der Waals surface area contributed by atoms with Crippen LogP contribution in [0.2, 0.25) is 0 Å². The van der Waals surface area contributed by atoms with E-state index in [2.05, 4.69) is 15.2 Å². The Morgan fingerprint density at radius 3 is 2.55 bits per heavy atom. The molecule has 0 saturated heterocycles. The van der Waals surface area contributed by atoms with Gasteiger partial charge in [-0.2, -0.15) is 4.57 Å². The summed E-state index contributed by atoms with van der Waals surface area (Å²) >= 11 is 0. The van der Waals surface area contributed by atoms with E-state index in [1.165, 1.54) is 0 Å². The highest BCUT2D eigenvalue weighted by molar-refractivity contribution is 6.11. The predicted molar refractivity (Wildman–Crippen MR) is 130 cm³/mol. The number of rotatable bonds is 10. The first-order chi connectivity index (χ1) is 16.0. The van der Waals surface area contributed by atoms with Gasteiger partial charge < -0.3 is 26.5 Å². The number of amides is 1. The third kappa shape index (κ3) is 4.67. The molecule has 2 aromatic carbocycles. The highest BCUT2D eigenvalue weighted by atomic mass is 16.3. The number of aromatic nitrogens is 1. The molecule has 0 unspecified atom stereocenters. The number of nitrogens with zero attached hydrogens (tertiary/aromatic N) is 1. The summed E-state index contributed by atoms with van der Waals surface area (Å²) in [6.45, 7) is 0.536. The number of unbranched alkanes of at least 4 members (excludes halogenated alkanes) is 1. The molecule has 6 N–H and O–H groups in total. The minimum absolute atomic E-state index is 0.0482. The maximum atomic E-state index is 12.5. The maximum Gasteiger partial charge on any atom is 0.261 e. The Kier molecular flexibility index (Phi) is 6.86. The number of benzene rings is 2. The van der Waals surface area contributed by atoms with Gasteiger partial charge in [0.05, 0.1) is 35.6 Å². The third-order valence-electron chi connectivity index (χ3n) is 5.89. The van der Waals surface area contributed by atoms with E-state index in [1.807, 2.05) is 55.6 Å². The lowest BCUT2D eigenvalue weighted by Crippen LogP contribution is -2.43. The van der Waals surface area contributed by atoms with E-state index in [-0.39, 0.29) is 24.8 Å². The topological polar surface area (TPSA) is 127 Å². The average molecular weight is 449 g/mol.